The maximum Gasteiger partial charge on any atom is 0.417 e. The number of guanidine groups is 1. The maximum atomic E-state index is 13.3. The lowest BCUT2D eigenvalue weighted by molar-refractivity contribution is -0.137. The van der Waals surface area contributed by atoms with E-state index in [9.17, 15) is 13.2 Å². The molecule has 0 amide bonds. The monoisotopic (exact) mass is 364 g/mol. The highest BCUT2D eigenvalue weighted by molar-refractivity contribution is 5.94. The molecular formula is C16H15F3N6O. The number of halogens is 3. The zero-order chi connectivity index (χ0) is 18.9. The van der Waals surface area contributed by atoms with Crippen LogP contribution < -0.4 is 16.2 Å². The fraction of sp³-hybridized carbons (Fsp3) is 0.250. The Morgan fingerprint density at radius 1 is 1.19 bits per heavy atom. The first-order chi connectivity index (χ1) is 12.3. The molecule has 0 fully saturated rings. The zero-order valence-electron chi connectivity index (χ0n) is 13.7. The third-order valence-electron chi connectivity index (χ3n) is 3.49. The molecule has 26 heavy (non-hydrogen) atoms. The highest BCUT2D eigenvalue weighted by Gasteiger charge is 2.34. The van der Waals surface area contributed by atoms with Gasteiger partial charge in [-0.15, -0.1) is 0 Å². The summed E-state index contributed by atoms with van der Waals surface area (Å²) in [6.07, 6.45) is -4.11. The fourth-order valence-corrected chi connectivity index (χ4v) is 2.49. The number of amidine groups is 1. The van der Waals surface area contributed by atoms with Crippen LogP contribution in [-0.4, -0.2) is 28.4 Å². The van der Waals surface area contributed by atoms with Gasteiger partial charge in [0.1, 0.15) is 0 Å². The Bertz CT molecular complexity index is 903. The number of hydrogen-bond acceptors (Lipinski definition) is 4. The van der Waals surface area contributed by atoms with Gasteiger partial charge in [-0.2, -0.15) is 18.2 Å². The Morgan fingerprint density at radius 3 is 2.62 bits per heavy atom. The van der Waals surface area contributed by atoms with Crippen molar-refractivity contribution in [3.8, 4) is 17.1 Å². The van der Waals surface area contributed by atoms with E-state index in [1.165, 1.54) is 25.1 Å². The Hall–Kier alpha value is -3.17. The van der Waals surface area contributed by atoms with Crippen LogP contribution in [0.5, 0.6) is 5.75 Å². The van der Waals surface area contributed by atoms with E-state index in [1.807, 2.05) is 0 Å². The van der Waals surface area contributed by atoms with Crippen molar-refractivity contribution in [2.24, 2.45) is 21.5 Å². The second-order valence-electron chi connectivity index (χ2n) is 5.51. The van der Waals surface area contributed by atoms with Crippen LogP contribution in [0.25, 0.3) is 11.4 Å². The number of alkyl halides is 3. The van der Waals surface area contributed by atoms with Crippen LogP contribution in [0, 0.1) is 0 Å². The normalized spacial score (nSPS) is 14.9. The largest absolute Gasteiger partial charge is 0.487 e. The third kappa shape index (κ3) is 3.58. The summed E-state index contributed by atoms with van der Waals surface area (Å²) < 4.78 is 45.3. The van der Waals surface area contributed by atoms with E-state index in [1.54, 1.807) is 0 Å². The molecule has 4 N–H and O–H groups in total. The average molecular weight is 364 g/mol. The van der Waals surface area contributed by atoms with Crippen molar-refractivity contribution < 1.29 is 17.9 Å². The van der Waals surface area contributed by atoms with Gasteiger partial charge in [-0.3, -0.25) is 0 Å². The number of nitrogens with zero attached hydrogens (tertiary/aromatic N) is 4. The highest BCUT2D eigenvalue weighted by atomic mass is 19.4. The Balaban J connectivity index is 2.18. The number of ether oxygens (including phenoxy) is 1. The molecule has 0 aliphatic carbocycles. The lowest BCUT2D eigenvalue weighted by Gasteiger charge is -2.13. The molecule has 3 rings (SSSR count). The second kappa shape index (κ2) is 6.62. The molecule has 0 radical (unpaired) electrons. The molecule has 1 aromatic carbocycles. The van der Waals surface area contributed by atoms with Gasteiger partial charge in [-0.1, -0.05) is 18.2 Å². The Morgan fingerprint density at radius 2 is 1.92 bits per heavy atom. The molecule has 1 aliphatic rings. The van der Waals surface area contributed by atoms with Crippen LogP contribution >= 0.6 is 0 Å². The molecule has 2 aromatic rings. The van der Waals surface area contributed by atoms with Crippen molar-refractivity contribution in [1.29, 1.82) is 0 Å². The van der Waals surface area contributed by atoms with Gasteiger partial charge in [0.25, 0.3) is 0 Å². The lowest BCUT2D eigenvalue weighted by atomic mass is 10.1. The van der Waals surface area contributed by atoms with Gasteiger partial charge in [0.15, 0.2) is 11.6 Å². The predicted octanol–water partition coefficient (Wildman–Crippen LogP) is 2.42. The summed E-state index contributed by atoms with van der Waals surface area (Å²) in [6, 6.07) is 5.07. The van der Waals surface area contributed by atoms with E-state index in [2.05, 4.69) is 20.0 Å². The number of benzene rings is 1. The van der Waals surface area contributed by atoms with Crippen LogP contribution in [0.4, 0.5) is 19.0 Å². The van der Waals surface area contributed by atoms with Crippen molar-refractivity contribution in [1.82, 2.24) is 9.97 Å². The molecule has 0 spiro atoms. The summed E-state index contributed by atoms with van der Waals surface area (Å²) in [6.45, 7) is 1.85. The number of aliphatic imine (C=N–C) groups is 2. The highest BCUT2D eigenvalue weighted by Crippen LogP contribution is 2.39. The van der Waals surface area contributed by atoms with Gasteiger partial charge in [-0.05, 0) is 13.0 Å². The standard InChI is InChI=1S/C16H15F3N6O/c1-8(20)22-15(21)25-14-12-11(6-7-26-12)23-13(24-14)9-4-2-3-5-10(9)16(17,18)19/h2-5H,6-7H2,1H3,(H4,20,21,22,23,24,25). The average Bonchev–Trinajstić information content (AvgIpc) is 3.02. The minimum atomic E-state index is -4.54. The summed E-state index contributed by atoms with van der Waals surface area (Å²) in [5.74, 6) is 0.187. The zero-order valence-corrected chi connectivity index (χ0v) is 13.7. The molecular weight excluding hydrogens is 349 g/mol. The van der Waals surface area contributed by atoms with Crippen molar-refractivity contribution in [2.75, 3.05) is 6.61 Å². The molecule has 0 saturated carbocycles. The minimum Gasteiger partial charge on any atom is -0.487 e. The number of aromatic nitrogens is 2. The Kier molecular flexibility index (Phi) is 4.49. The number of nitrogens with two attached hydrogens (primary N) is 2. The smallest absolute Gasteiger partial charge is 0.417 e. The van der Waals surface area contributed by atoms with E-state index in [4.69, 9.17) is 16.2 Å². The number of rotatable bonds is 2. The topological polar surface area (TPSA) is 112 Å². The van der Waals surface area contributed by atoms with E-state index < -0.39 is 11.7 Å². The van der Waals surface area contributed by atoms with Crippen molar-refractivity contribution >= 4 is 17.6 Å². The maximum absolute atomic E-state index is 13.3. The van der Waals surface area contributed by atoms with Gasteiger partial charge in [0, 0.05) is 12.0 Å². The minimum absolute atomic E-state index is 0.0157. The van der Waals surface area contributed by atoms with Gasteiger partial charge in [-0.25, -0.2) is 15.0 Å². The van der Waals surface area contributed by atoms with E-state index in [0.717, 1.165) is 6.07 Å². The predicted molar refractivity (Wildman–Crippen MR) is 90.2 cm³/mol. The first-order valence-corrected chi connectivity index (χ1v) is 7.61. The van der Waals surface area contributed by atoms with Crippen molar-refractivity contribution in [3.63, 3.8) is 0 Å². The summed E-state index contributed by atoms with van der Waals surface area (Å²) in [7, 11) is 0. The third-order valence-corrected chi connectivity index (χ3v) is 3.49. The SMILES string of the molecule is C/C(N)=N/C(N)=Nc1nc(-c2ccccc2C(F)(F)F)nc2c1OCC2. The van der Waals surface area contributed by atoms with Crippen molar-refractivity contribution in [3.05, 3.63) is 35.5 Å². The summed E-state index contributed by atoms with van der Waals surface area (Å²) in [4.78, 5) is 16.1. The number of fused-ring (bicyclic) bond motifs is 1. The van der Waals surface area contributed by atoms with Crippen LogP contribution in [0.3, 0.4) is 0 Å². The molecule has 7 nitrogen and oxygen atoms in total. The summed E-state index contributed by atoms with van der Waals surface area (Å²) >= 11 is 0. The van der Waals surface area contributed by atoms with Crippen LogP contribution in [0.15, 0.2) is 34.3 Å². The quantitative estimate of drug-likeness (QED) is 0.628. The summed E-state index contributed by atoms with van der Waals surface area (Å²) in [5.41, 5.74) is 10.6. The van der Waals surface area contributed by atoms with Crippen molar-refractivity contribution in [2.45, 2.75) is 19.5 Å². The van der Waals surface area contributed by atoms with Gasteiger partial charge < -0.3 is 16.2 Å². The fourth-order valence-electron chi connectivity index (χ4n) is 2.49. The van der Waals surface area contributed by atoms with Gasteiger partial charge in [0.05, 0.1) is 23.7 Å². The van der Waals surface area contributed by atoms with Gasteiger partial charge in [0.2, 0.25) is 11.8 Å². The molecule has 0 unspecified atom stereocenters. The van der Waals surface area contributed by atoms with E-state index >= 15 is 0 Å². The molecule has 10 heteroatoms. The molecule has 0 saturated heterocycles. The second-order valence-corrected chi connectivity index (χ2v) is 5.51. The van der Waals surface area contributed by atoms with Crippen LogP contribution in [0.1, 0.15) is 18.2 Å². The molecule has 1 aromatic heterocycles. The first kappa shape index (κ1) is 17.6. The van der Waals surface area contributed by atoms with E-state index in [0.29, 0.717) is 18.7 Å². The molecule has 136 valence electrons. The van der Waals surface area contributed by atoms with Crippen LogP contribution in [-0.2, 0) is 12.6 Å². The summed E-state index contributed by atoms with van der Waals surface area (Å²) in [5, 5.41) is 0. The van der Waals surface area contributed by atoms with Crippen LogP contribution in [0.2, 0.25) is 0 Å². The lowest BCUT2D eigenvalue weighted by Crippen LogP contribution is -2.15. The molecule has 1 aliphatic heterocycles. The Labute approximate surface area is 146 Å². The molecule has 2 heterocycles. The molecule has 0 atom stereocenters. The van der Waals surface area contributed by atoms with Gasteiger partial charge >= 0.3 is 6.18 Å². The number of hydrogen-bond donors (Lipinski definition) is 2. The van der Waals surface area contributed by atoms with E-state index in [-0.39, 0.29) is 34.8 Å². The first-order valence-electron chi connectivity index (χ1n) is 7.61. The molecule has 0 bridgehead atoms.